The molecule has 2 atom stereocenters. The van der Waals surface area contributed by atoms with Crippen molar-refractivity contribution in [1.82, 2.24) is 10.3 Å². The number of methoxy groups -OCH3 is 1. The van der Waals surface area contributed by atoms with Crippen LogP contribution < -0.4 is 10.1 Å². The highest BCUT2D eigenvalue weighted by Gasteiger charge is 2.35. The number of aromatic nitrogens is 1. The number of ether oxygens (including phenoxy) is 1. The van der Waals surface area contributed by atoms with Crippen molar-refractivity contribution in [3.63, 3.8) is 0 Å². The molecule has 1 aromatic heterocycles. The molecule has 2 unspecified atom stereocenters. The molecule has 0 amide bonds. The molecule has 3 rings (SSSR count). The highest BCUT2D eigenvalue weighted by molar-refractivity contribution is 5.87. The number of hydrogen-bond acceptors (Lipinski definition) is 3. The van der Waals surface area contributed by atoms with Crippen LogP contribution in [-0.2, 0) is 11.2 Å². The smallest absolute Gasteiger partial charge is 0.321 e. The highest BCUT2D eigenvalue weighted by atomic mass is 16.5. The summed E-state index contributed by atoms with van der Waals surface area (Å²) in [6, 6.07) is 5.45. The summed E-state index contributed by atoms with van der Waals surface area (Å²) in [7, 11) is 1.65. The Kier molecular flexibility index (Phi) is 4.31. The first-order valence-corrected chi connectivity index (χ1v) is 8.26. The number of aromatic amines is 1. The minimum absolute atomic E-state index is 0.0493. The van der Waals surface area contributed by atoms with Gasteiger partial charge < -0.3 is 14.8 Å². The molecule has 0 radical (unpaired) electrons. The molecule has 0 saturated heterocycles. The largest absolute Gasteiger partial charge is 0.497 e. The van der Waals surface area contributed by atoms with Crippen LogP contribution in [0.2, 0.25) is 0 Å². The highest BCUT2D eigenvalue weighted by Crippen LogP contribution is 2.38. The van der Waals surface area contributed by atoms with Crippen LogP contribution in [0.3, 0.4) is 0 Å². The van der Waals surface area contributed by atoms with E-state index in [-0.39, 0.29) is 6.04 Å². The van der Waals surface area contributed by atoms with Gasteiger partial charge in [-0.3, -0.25) is 10.1 Å². The third-order valence-electron chi connectivity index (χ3n) is 5.06. The Balaban J connectivity index is 2.13. The van der Waals surface area contributed by atoms with Crippen molar-refractivity contribution in [2.75, 3.05) is 7.11 Å². The molecule has 3 N–H and O–H groups in total. The topological polar surface area (TPSA) is 74.4 Å². The van der Waals surface area contributed by atoms with Crippen LogP contribution in [0.15, 0.2) is 18.2 Å². The fourth-order valence-corrected chi connectivity index (χ4v) is 3.72. The zero-order valence-electron chi connectivity index (χ0n) is 13.8. The summed E-state index contributed by atoms with van der Waals surface area (Å²) in [5.41, 5.74) is 3.28. The zero-order chi connectivity index (χ0) is 16.6. The molecule has 0 bridgehead atoms. The molecule has 0 spiro atoms. The van der Waals surface area contributed by atoms with E-state index in [4.69, 9.17) is 4.74 Å². The SMILES string of the molecule is CCC(CC)C1NC(C(=O)O)Cc2c1[nH]c1cc(OC)ccc21. The lowest BCUT2D eigenvalue weighted by atomic mass is 9.84. The quantitative estimate of drug-likeness (QED) is 0.791. The standard InChI is InChI=1S/C18H24N2O3/c1-4-10(5-2)16-17-13(9-15(20-16)18(21)22)12-7-6-11(23-3)8-14(12)19-17/h6-8,10,15-16,19-20H,4-5,9H2,1-3H3,(H,21,22). The normalized spacial score (nSPS) is 20.7. The zero-order valence-corrected chi connectivity index (χ0v) is 13.8. The second kappa shape index (κ2) is 6.24. The van der Waals surface area contributed by atoms with Gasteiger partial charge >= 0.3 is 5.97 Å². The number of rotatable bonds is 5. The van der Waals surface area contributed by atoms with Crippen LogP contribution >= 0.6 is 0 Å². The number of H-pyrrole nitrogens is 1. The Bertz CT molecular complexity index is 718. The van der Waals surface area contributed by atoms with E-state index in [2.05, 4.69) is 24.1 Å². The minimum Gasteiger partial charge on any atom is -0.497 e. The molecule has 2 aromatic rings. The second-order valence-corrected chi connectivity index (χ2v) is 6.24. The molecule has 0 aliphatic carbocycles. The summed E-state index contributed by atoms with van der Waals surface area (Å²) in [5, 5.41) is 13.9. The lowest BCUT2D eigenvalue weighted by Gasteiger charge is -2.34. The summed E-state index contributed by atoms with van der Waals surface area (Å²) < 4.78 is 5.30. The third kappa shape index (κ3) is 2.70. The van der Waals surface area contributed by atoms with Gasteiger partial charge in [0, 0.05) is 29.1 Å². The Morgan fingerprint density at radius 2 is 2.13 bits per heavy atom. The van der Waals surface area contributed by atoms with Gasteiger partial charge in [0.1, 0.15) is 11.8 Å². The third-order valence-corrected chi connectivity index (χ3v) is 5.06. The number of hydrogen-bond donors (Lipinski definition) is 3. The fourth-order valence-electron chi connectivity index (χ4n) is 3.72. The van der Waals surface area contributed by atoms with Crippen LogP contribution in [0, 0.1) is 5.92 Å². The maximum Gasteiger partial charge on any atom is 0.321 e. The van der Waals surface area contributed by atoms with Crippen LogP contribution in [0.4, 0.5) is 0 Å². The first-order chi connectivity index (χ1) is 11.1. The number of fused-ring (bicyclic) bond motifs is 3. The molecular formula is C18H24N2O3. The van der Waals surface area contributed by atoms with Gasteiger partial charge in [-0.25, -0.2) is 0 Å². The second-order valence-electron chi connectivity index (χ2n) is 6.24. The lowest BCUT2D eigenvalue weighted by molar-refractivity contribution is -0.140. The van der Waals surface area contributed by atoms with Gasteiger partial charge in [0.2, 0.25) is 0 Å². The Labute approximate surface area is 136 Å². The molecule has 5 nitrogen and oxygen atoms in total. The molecular weight excluding hydrogens is 292 g/mol. The van der Waals surface area contributed by atoms with Gasteiger partial charge in [-0.1, -0.05) is 26.7 Å². The molecule has 5 heteroatoms. The first-order valence-electron chi connectivity index (χ1n) is 8.26. The lowest BCUT2D eigenvalue weighted by Crippen LogP contribution is -2.46. The van der Waals surface area contributed by atoms with Crippen LogP contribution in [-0.4, -0.2) is 29.2 Å². The molecule has 0 fully saturated rings. The Hall–Kier alpha value is -2.01. The van der Waals surface area contributed by atoms with Gasteiger partial charge in [-0.15, -0.1) is 0 Å². The number of aliphatic carboxylic acids is 1. The van der Waals surface area contributed by atoms with E-state index >= 15 is 0 Å². The molecule has 23 heavy (non-hydrogen) atoms. The molecule has 2 heterocycles. The fraction of sp³-hybridized carbons (Fsp3) is 0.500. The van der Waals surface area contributed by atoms with E-state index in [0.717, 1.165) is 40.8 Å². The number of carboxylic acid groups (broad SMARTS) is 1. The van der Waals surface area contributed by atoms with E-state index in [1.165, 1.54) is 0 Å². The predicted octanol–water partition coefficient (Wildman–Crippen LogP) is 3.25. The van der Waals surface area contributed by atoms with Gasteiger partial charge in [0.15, 0.2) is 0 Å². The van der Waals surface area contributed by atoms with E-state index in [0.29, 0.717) is 12.3 Å². The monoisotopic (exact) mass is 316 g/mol. The van der Waals surface area contributed by atoms with Crippen LogP contribution in [0.1, 0.15) is 44.0 Å². The molecule has 1 aliphatic rings. The van der Waals surface area contributed by atoms with Gasteiger partial charge in [-0.2, -0.15) is 0 Å². The molecule has 1 aliphatic heterocycles. The predicted molar refractivity (Wildman–Crippen MR) is 89.9 cm³/mol. The summed E-state index contributed by atoms with van der Waals surface area (Å²) in [5.74, 6) is 0.429. The number of carboxylic acids is 1. The van der Waals surface area contributed by atoms with Crippen molar-refractivity contribution in [3.05, 3.63) is 29.5 Å². The van der Waals surface area contributed by atoms with Crippen molar-refractivity contribution in [1.29, 1.82) is 0 Å². The van der Waals surface area contributed by atoms with Crippen molar-refractivity contribution in [2.45, 2.75) is 45.2 Å². The average Bonchev–Trinajstić information content (AvgIpc) is 2.93. The maximum atomic E-state index is 11.6. The summed E-state index contributed by atoms with van der Waals surface area (Å²) in [4.78, 5) is 15.1. The minimum atomic E-state index is -0.783. The van der Waals surface area contributed by atoms with Crippen molar-refractivity contribution < 1.29 is 14.6 Å². The average molecular weight is 316 g/mol. The van der Waals surface area contributed by atoms with E-state index < -0.39 is 12.0 Å². The number of nitrogens with one attached hydrogen (secondary N) is 2. The molecule has 124 valence electrons. The summed E-state index contributed by atoms with van der Waals surface area (Å²) in [6.45, 7) is 4.32. The first kappa shape index (κ1) is 15.9. The van der Waals surface area contributed by atoms with Gasteiger partial charge in [0.25, 0.3) is 0 Å². The summed E-state index contributed by atoms with van der Waals surface area (Å²) in [6.07, 6.45) is 2.53. The van der Waals surface area contributed by atoms with Crippen LogP contribution in [0.5, 0.6) is 5.75 Å². The maximum absolute atomic E-state index is 11.6. The van der Waals surface area contributed by atoms with Crippen molar-refractivity contribution >= 4 is 16.9 Å². The summed E-state index contributed by atoms with van der Waals surface area (Å²) >= 11 is 0. The van der Waals surface area contributed by atoms with E-state index in [1.807, 2.05) is 18.2 Å². The molecule has 1 aromatic carbocycles. The van der Waals surface area contributed by atoms with E-state index in [9.17, 15) is 9.90 Å². The van der Waals surface area contributed by atoms with Crippen molar-refractivity contribution in [2.24, 2.45) is 5.92 Å². The van der Waals surface area contributed by atoms with E-state index in [1.54, 1.807) is 7.11 Å². The molecule has 0 saturated carbocycles. The Morgan fingerprint density at radius 1 is 1.39 bits per heavy atom. The van der Waals surface area contributed by atoms with Gasteiger partial charge in [-0.05, 0) is 23.6 Å². The van der Waals surface area contributed by atoms with Crippen LogP contribution in [0.25, 0.3) is 10.9 Å². The number of carbonyl (C=O) groups is 1. The number of benzene rings is 1. The van der Waals surface area contributed by atoms with Gasteiger partial charge in [0.05, 0.1) is 13.2 Å². The Morgan fingerprint density at radius 3 is 2.74 bits per heavy atom. The van der Waals surface area contributed by atoms with Crippen molar-refractivity contribution in [3.8, 4) is 5.75 Å².